The molecular weight excluding hydrogens is 212 g/mol. The first-order chi connectivity index (χ1) is 8.13. The molecule has 1 unspecified atom stereocenters. The summed E-state index contributed by atoms with van der Waals surface area (Å²) in [6, 6.07) is 10.2. The monoisotopic (exact) mass is 234 g/mol. The minimum Gasteiger partial charge on any atom is -0.463 e. The third-order valence-corrected chi connectivity index (χ3v) is 2.69. The van der Waals surface area contributed by atoms with E-state index in [9.17, 15) is 4.79 Å². The molecule has 0 aromatic heterocycles. The second-order valence-electron chi connectivity index (χ2n) is 4.64. The van der Waals surface area contributed by atoms with Crippen LogP contribution in [0.4, 0.5) is 0 Å². The van der Waals surface area contributed by atoms with Crippen LogP contribution in [0.25, 0.3) is 0 Å². The van der Waals surface area contributed by atoms with Crippen molar-refractivity contribution in [3.63, 3.8) is 0 Å². The highest BCUT2D eigenvalue weighted by Crippen LogP contribution is 2.25. The molecule has 94 valence electrons. The van der Waals surface area contributed by atoms with Gasteiger partial charge in [-0.2, -0.15) is 0 Å². The van der Waals surface area contributed by atoms with Crippen molar-refractivity contribution >= 4 is 5.97 Å². The van der Waals surface area contributed by atoms with Crippen molar-refractivity contribution in [1.29, 1.82) is 0 Å². The van der Waals surface area contributed by atoms with Gasteiger partial charge in [0.1, 0.15) is 0 Å². The molecule has 1 aromatic carbocycles. The zero-order chi connectivity index (χ0) is 12.7. The van der Waals surface area contributed by atoms with Gasteiger partial charge in [0.05, 0.1) is 12.5 Å². The molecule has 17 heavy (non-hydrogen) atoms. The fraction of sp³-hybridized carbons (Fsp3) is 0.533. The number of esters is 1. The number of hydrogen-bond acceptors (Lipinski definition) is 2. The smallest absolute Gasteiger partial charge is 0.306 e. The Balaban J connectivity index is 2.64. The summed E-state index contributed by atoms with van der Waals surface area (Å²) in [5.41, 5.74) is 1.23. The molecule has 0 bridgehead atoms. The molecule has 0 spiro atoms. The molecule has 2 nitrogen and oxygen atoms in total. The van der Waals surface area contributed by atoms with E-state index in [0.29, 0.717) is 6.42 Å². The number of rotatable bonds is 6. The Morgan fingerprint density at radius 2 is 1.88 bits per heavy atom. The van der Waals surface area contributed by atoms with E-state index in [0.717, 1.165) is 12.8 Å². The Morgan fingerprint density at radius 3 is 2.41 bits per heavy atom. The first-order valence-corrected chi connectivity index (χ1v) is 6.38. The van der Waals surface area contributed by atoms with Gasteiger partial charge in [-0.05, 0) is 31.7 Å². The van der Waals surface area contributed by atoms with Crippen molar-refractivity contribution < 1.29 is 9.53 Å². The van der Waals surface area contributed by atoms with Gasteiger partial charge < -0.3 is 4.74 Å². The van der Waals surface area contributed by atoms with E-state index in [1.54, 1.807) is 0 Å². The standard InChI is InChI=1S/C15H22O2/c1-4-8-14(11-15(16)17-12(2)3)13-9-6-5-7-10-13/h5-7,9-10,12,14H,4,8,11H2,1-3H3. The van der Waals surface area contributed by atoms with Gasteiger partial charge in [-0.15, -0.1) is 0 Å². The Labute approximate surface area is 104 Å². The number of benzene rings is 1. The van der Waals surface area contributed by atoms with Crippen LogP contribution in [0.3, 0.4) is 0 Å². The van der Waals surface area contributed by atoms with Crippen molar-refractivity contribution in [2.24, 2.45) is 0 Å². The Kier molecular flexibility index (Phi) is 5.75. The Hall–Kier alpha value is -1.31. The topological polar surface area (TPSA) is 26.3 Å². The summed E-state index contributed by atoms with van der Waals surface area (Å²) in [4.78, 5) is 11.7. The zero-order valence-electron chi connectivity index (χ0n) is 11.0. The van der Waals surface area contributed by atoms with Crippen LogP contribution in [0, 0.1) is 0 Å². The number of carbonyl (C=O) groups excluding carboxylic acids is 1. The van der Waals surface area contributed by atoms with Gasteiger partial charge in [0.25, 0.3) is 0 Å². The van der Waals surface area contributed by atoms with E-state index in [-0.39, 0.29) is 18.0 Å². The Morgan fingerprint density at radius 1 is 1.24 bits per heavy atom. The minimum absolute atomic E-state index is 0.0273. The normalized spacial score (nSPS) is 12.5. The van der Waals surface area contributed by atoms with E-state index in [1.807, 2.05) is 32.0 Å². The molecule has 1 aromatic rings. The zero-order valence-corrected chi connectivity index (χ0v) is 11.0. The highest BCUT2D eigenvalue weighted by molar-refractivity contribution is 5.70. The van der Waals surface area contributed by atoms with E-state index in [1.165, 1.54) is 5.56 Å². The molecule has 0 heterocycles. The molecule has 0 amide bonds. The van der Waals surface area contributed by atoms with Crippen LogP contribution in [0.2, 0.25) is 0 Å². The van der Waals surface area contributed by atoms with Gasteiger partial charge in [0.15, 0.2) is 0 Å². The van der Waals surface area contributed by atoms with E-state index in [2.05, 4.69) is 19.1 Å². The molecule has 1 atom stereocenters. The molecule has 0 radical (unpaired) electrons. The Bertz CT molecular complexity index is 330. The van der Waals surface area contributed by atoms with Gasteiger partial charge >= 0.3 is 5.97 Å². The third-order valence-electron chi connectivity index (χ3n) is 2.69. The minimum atomic E-state index is -0.0951. The first-order valence-electron chi connectivity index (χ1n) is 6.38. The van der Waals surface area contributed by atoms with Crippen molar-refractivity contribution in [2.45, 2.75) is 52.1 Å². The van der Waals surface area contributed by atoms with E-state index < -0.39 is 0 Å². The molecule has 0 saturated carbocycles. The lowest BCUT2D eigenvalue weighted by Crippen LogP contribution is -2.14. The van der Waals surface area contributed by atoms with Crippen LogP contribution in [-0.2, 0) is 9.53 Å². The lowest BCUT2D eigenvalue weighted by atomic mass is 9.91. The van der Waals surface area contributed by atoms with Crippen LogP contribution in [0.15, 0.2) is 30.3 Å². The summed E-state index contributed by atoms with van der Waals surface area (Å²) in [6.45, 7) is 5.91. The number of carbonyl (C=O) groups is 1. The largest absolute Gasteiger partial charge is 0.463 e. The lowest BCUT2D eigenvalue weighted by molar-refractivity contribution is -0.147. The summed E-state index contributed by atoms with van der Waals surface area (Å²) in [5.74, 6) is 0.190. The molecule has 0 saturated heterocycles. The summed E-state index contributed by atoms with van der Waals surface area (Å²) < 4.78 is 5.21. The molecule has 2 heteroatoms. The second-order valence-corrected chi connectivity index (χ2v) is 4.64. The van der Waals surface area contributed by atoms with Gasteiger partial charge in [-0.25, -0.2) is 0 Å². The maximum atomic E-state index is 11.7. The summed E-state index contributed by atoms with van der Waals surface area (Å²) in [5, 5.41) is 0. The number of hydrogen-bond donors (Lipinski definition) is 0. The van der Waals surface area contributed by atoms with Gasteiger partial charge in [0, 0.05) is 0 Å². The molecule has 0 aliphatic rings. The average molecular weight is 234 g/mol. The van der Waals surface area contributed by atoms with Crippen molar-refractivity contribution in [3.8, 4) is 0 Å². The molecule has 1 rings (SSSR count). The molecule has 0 N–H and O–H groups in total. The van der Waals surface area contributed by atoms with Gasteiger partial charge in [-0.3, -0.25) is 4.79 Å². The maximum Gasteiger partial charge on any atom is 0.306 e. The lowest BCUT2D eigenvalue weighted by Gasteiger charge is -2.16. The number of ether oxygens (including phenoxy) is 1. The van der Waals surface area contributed by atoms with Gasteiger partial charge in [-0.1, -0.05) is 43.7 Å². The van der Waals surface area contributed by atoms with Crippen LogP contribution in [0.1, 0.15) is 51.5 Å². The fourth-order valence-corrected chi connectivity index (χ4v) is 1.97. The van der Waals surface area contributed by atoms with E-state index >= 15 is 0 Å². The SMILES string of the molecule is CCCC(CC(=O)OC(C)C)c1ccccc1. The van der Waals surface area contributed by atoms with Crippen molar-refractivity contribution in [1.82, 2.24) is 0 Å². The van der Waals surface area contributed by atoms with E-state index in [4.69, 9.17) is 4.74 Å². The summed E-state index contributed by atoms with van der Waals surface area (Å²) in [6.07, 6.45) is 2.56. The van der Waals surface area contributed by atoms with Crippen LogP contribution in [-0.4, -0.2) is 12.1 Å². The van der Waals surface area contributed by atoms with Crippen molar-refractivity contribution in [3.05, 3.63) is 35.9 Å². The fourth-order valence-electron chi connectivity index (χ4n) is 1.97. The molecule has 0 aliphatic carbocycles. The third kappa shape index (κ3) is 5.03. The maximum absolute atomic E-state index is 11.7. The van der Waals surface area contributed by atoms with Crippen molar-refractivity contribution in [2.75, 3.05) is 0 Å². The van der Waals surface area contributed by atoms with Crippen LogP contribution < -0.4 is 0 Å². The quantitative estimate of drug-likeness (QED) is 0.697. The average Bonchev–Trinajstić information content (AvgIpc) is 2.28. The molecular formula is C15H22O2. The van der Waals surface area contributed by atoms with Crippen LogP contribution >= 0.6 is 0 Å². The van der Waals surface area contributed by atoms with Crippen LogP contribution in [0.5, 0.6) is 0 Å². The summed E-state index contributed by atoms with van der Waals surface area (Å²) in [7, 11) is 0. The second kappa shape index (κ2) is 7.10. The predicted octanol–water partition coefficient (Wildman–Crippen LogP) is 3.91. The highest BCUT2D eigenvalue weighted by atomic mass is 16.5. The molecule has 0 fully saturated rings. The predicted molar refractivity (Wildman–Crippen MR) is 69.9 cm³/mol. The summed E-state index contributed by atoms with van der Waals surface area (Å²) >= 11 is 0. The first kappa shape index (κ1) is 13.8. The van der Waals surface area contributed by atoms with Gasteiger partial charge in [0.2, 0.25) is 0 Å². The highest BCUT2D eigenvalue weighted by Gasteiger charge is 2.16. The molecule has 0 aliphatic heterocycles.